The first kappa shape index (κ1) is 15.3. The van der Waals surface area contributed by atoms with E-state index < -0.39 is 5.97 Å². The summed E-state index contributed by atoms with van der Waals surface area (Å²) in [6, 6.07) is 6.90. The molecule has 0 saturated heterocycles. The van der Waals surface area contributed by atoms with Crippen molar-refractivity contribution in [3.63, 3.8) is 0 Å². The Morgan fingerprint density at radius 3 is 2.70 bits per heavy atom. The number of aryl methyl sites for hydroxylation is 1. The summed E-state index contributed by atoms with van der Waals surface area (Å²) >= 11 is 0. The first-order valence-corrected chi connectivity index (χ1v) is 7.75. The zero-order valence-electron chi connectivity index (χ0n) is 13.0. The molecule has 0 bridgehead atoms. The average molecular weight is 313 g/mol. The van der Waals surface area contributed by atoms with Crippen molar-refractivity contribution in [1.82, 2.24) is 9.78 Å². The van der Waals surface area contributed by atoms with Crippen LogP contribution in [0.1, 0.15) is 58.1 Å². The largest absolute Gasteiger partial charge is 0.478 e. The third-order valence-corrected chi connectivity index (χ3v) is 4.27. The molecule has 0 aliphatic heterocycles. The lowest BCUT2D eigenvalue weighted by molar-refractivity contribution is 0.0695. The zero-order valence-corrected chi connectivity index (χ0v) is 13.0. The Hall–Kier alpha value is -2.63. The fraction of sp³-hybridized carbons (Fsp3) is 0.353. The average Bonchev–Trinajstić information content (AvgIpc) is 3.19. The molecule has 2 aromatic rings. The van der Waals surface area contributed by atoms with Crippen LogP contribution in [0.25, 0.3) is 0 Å². The molecule has 1 aliphatic rings. The van der Waals surface area contributed by atoms with Gasteiger partial charge < -0.3 is 10.4 Å². The molecule has 6 nitrogen and oxygen atoms in total. The fourth-order valence-corrected chi connectivity index (χ4v) is 2.96. The molecule has 1 fully saturated rings. The molecule has 3 rings (SSSR count). The predicted octanol–water partition coefficient (Wildman–Crippen LogP) is 3.26. The minimum absolute atomic E-state index is 0.180. The SMILES string of the molecule is Cc1ccc(NC(=O)c2ccn(C3CCCC3)n2)cc1C(=O)O. The van der Waals surface area contributed by atoms with Gasteiger partial charge in [0, 0.05) is 11.9 Å². The van der Waals surface area contributed by atoms with Gasteiger partial charge in [0.15, 0.2) is 5.69 Å². The number of benzene rings is 1. The number of rotatable bonds is 4. The van der Waals surface area contributed by atoms with Gasteiger partial charge in [-0.25, -0.2) is 4.79 Å². The van der Waals surface area contributed by atoms with Crippen LogP contribution in [0.4, 0.5) is 5.69 Å². The third kappa shape index (κ3) is 3.26. The molecule has 1 amide bonds. The Balaban J connectivity index is 1.74. The number of carboxylic acids is 1. The summed E-state index contributed by atoms with van der Waals surface area (Å²) in [5.74, 6) is -1.34. The summed E-state index contributed by atoms with van der Waals surface area (Å²) in [5.41, 5.74) is 1.63. The third-order valence-electron chi connectivity index (χ3n) is 4.27. The van der Waals surface area contributed by atoms with E-state index in [-0.39, 0.29) is 11.5 Å². The molecule has 0 spiro atoms. The summed E-state index contributed by atoms with van der Waals surface area (Å²) in [7, 11) is 0. The van der Waals surface area contributed by atoms with Crippen molar-refractivity contribution in [2.45, 2.75) is 38.6 Å². The maximum atomic E-state index is 12.3. The molecule has 23 heavy (non-hydrogen) atoms. The van der Waals surface area contributed by atoms with Crippen LogP contribution in [0.15, 0.2) is 30.5 Å². The zero-order chi connectivity index (χ0) is 16.4. The molecule has 1 aliphatic carbocycles. The molecule has 0 radical (unpaired) electrons. The van der Waals surface area contributed by atoms with E-state index in [0.717, 1.165) is 12.8 Å². The van der Waals surface area contributed by atoms with Crippen molar-refractivity contribution in [1.29, 1.82) is 0 Å². The number of aromatic nitrogens is 2. The topological polar surface area (TPSA) is 84.2 Å². The molecular weight excluding hydrogens is 294 g/mol. The van der Waals surface area contributed by atoms with E-state index >= 15 is 0 Å². The van der Waals surface area contributed by atoms with Gasteiger partial charge in [-0.05, 0) is 43.5 Å². The monoisotopic (exact) mass is 313 g/mol. The highest BCUT2D eigenvalue weighted by Crippen LogP contribution is 2.28. The number of carboxylic acid groups (broad SMARTS) is 1. The molecule has 0 unspecified atom stereocenters. The van der Waals surface area contributed by atoms with Gasteiger partial charge in [0.05, 0.1) is 11.6 Å². The highest BCUT2D eigenvalue weighted by atomic mass is 16.4. The van der Waals surface area contributed by atoms with Crippen molar-refractivity contribution in [2.24, 2.45) is 0 Å². The van der Waals surface area contributed by atoms with Crippen LogP contribution >= 0.6 is 0 Å². The van der Waals surface area contributed by atoms with Gasteiger partial charge in [-0.15, -0.1) is 0 Å². The smallest absolute Gasteiger partial charge is 0.336 e. The van der Waals surface area contributed by atoms with E-state index in [2.05, 4.69) is 10.4 Å². The Morgan fingerprint density at radius 2 is 2.00 bits per heavy atom. The lowest BCUT2D eigenvalue weighted by Gasteiger charge is -2.09. The minimum atomic E-state index is -1.01. The lowest BCUT2D eigenvalue weighted by atomic mass is 10.1. The first-order chi connectivity index (χ1) is 11.0. The van der Waals surface area contributed by atoms with E-state index in [4.69, 9.17) is 5.11 Å². The van der Waals surface area contributed by atoms with E-state index in [1.807, 2.05) is 10.9 Å². The maximum absolute atomic E-state index is 12.3. The van der Waals surface area contributed by atoms with Crippen molar-refractivity contribution in [2.75, 3.05) is 5.32 Å². The van der Waals surface area contributed by atoms with E-state index in [0.29, 0.717) is 23.0 Å². The maximum Gasteiger partial charge on any atom is 0.336 e. The summed E-state index contributed by atoms with van der Waals surface area (Å²) in [6.45, 7) is 1.72. The van der Waals surface area contributed by atoms with E-state index in [1.54, 1.807) is 25.1 Å². The number of aromatic carboxylic acids is 1. The van der Waals surface area contributed by atoms with Crippen molar-refractivity contribution in [3.8, 4) is 0 Å². The molecule has 1 aromatic carbocycles. The van der Waals surface area contributed by atoms with Gasteiger partial charge in [0.25, 0.3) is 5.91 Å². The van der Waals surface area contributed by atoms with Gasteiger partial charge >= 0.3 is 5.97 Å². The molecule has 1 aromatic heterocycles. The normalized spacial score (nSPS) is 14.8. The van der Waals surface area contributed by atoms with Crippen LogP contribution < -0.4 is 5.32 Å². The number of nitrogens with zero attached hydrogens (tertiary/aromatic N) is 2. The van der Waals surface area contributed by atoms with Gasteiger partial charge in [-0.2, -0.15) is 5.10 Å². The summed E-state index contributed by atoms with van der Waals surface area (Å²) in [6.07, 6.45) is 6.44. The molecule has 0 atom stereocenters. The molecule has 1 saturated carbocycles. The lowest BCUT2D eigenvalue weighted by Crippen LogP contribution is -2.15. The highest BCUT2D eigenvalue weighted by molar-refractivity contribution is 6.03. The van der Waals surface area contributed by atoms with Gasteiger partial charge in [0.2, 0.25) is 0 Å². The highest BCUT2D eigenvalue weighted by Gasteiger charge is 2.19. The molecule has 120 valence electrons. The Labute approximate surface area is 134 Å². The minimum Gasteiger partial charge on any atom is -0.478 e. The molecule has 6 heteroatoms. The van der Waals surface area contributed by atoms with Crippen molar-refractivity contribution >= 4 is 17.6 Å². The number of nitrogens with one attached hydrogen (secondary N) is 1. The Bertz CT molecular complexity index is 745. The van der Waals surface area contributed by atoms with Gasteiger partial charge in [0.1, 0.15) is 0 Å². The van der Waals surface area contributed by atoms with Gasteiger partial charge in [-0.1, -0.05) is 18.9 Å². The summed E-state index contributed by atoms with van der Waals surface area (Å²) in [5, 5.41) is 16.2. The molecular formula is C17H19N3O3. The number of carbonyl (C=O) groups is 2. The van der Waals surface area contributed by atoms with E-state index in [9.17, 15) is 9.59 Å². The predicted molar refractivity (Wildman–Crippen MR) is 85.8 cm³/mol. The second-order valence-corrected chi connectivity index (χ2v) is 5.91. The quantitative estimate of drug-likeness (QED) is 0.907. The Morgan fingerprint density at radius 1 is 1.26 bits per heavy atom. The van der Waals surface area contributed by atoms with Crippen molar-refractivity contribution < 1.29 is 14.7 Å². The summed E-state index contributed by atoms with van der Waals surface area (Å²) < 4.78 is 1.86. The van der Waals surface area contributed by atoms with Crippen molar-refractivity contribution in [3.05, 3.63) is 47.3 Å². The fourth-order valence-electron chi connectivity index (χ4n) is 2.96. The number of amides is 1. The number of hydrogen-bond acceptors (Lipinski definition) is 3. The second kappa shape index (κ2) is 6.24. The number of carbonyl (C=O) groups excluding carboxylic acids is 1. The second-order valence-electron chi connectivity index (χ2n) is 5.91. The van der Waals surface area contributed by atoms with Crippen LogP contribution in [-0.4, -0.2) is 26.8 Å². The first-order valence-electron chi connectivity index (χ1n) is 7.75. The van der Waals surface area contributed by atoms with Crippen LogP contribution in [0, 0.1) is 6.92 Å². The number of hydrogen-bond donors (Lipinski definition) is 2. The van der Waals surface area contributed by atoms with Crippen LogP contribution in [0.5, 0.6) is 0 Å². The van der Waals surface area contributed by atoms with Gasteiger partial charge in [-0.3, -0.25) is 9.48 Å². The molecule has 2 N–H and O–H groups in total. The van der Waals surface area contributed by atoms with Crippen LogP contribution in [-0.2, 0) is 0 Å². The summed E-state index contributed by atoms with van der Waals surface area (Å²) in [4.78, 5) is 23.4. The van der Waals surface area contributed by atoms with Crippen LogP contribution in [0.2, 0.25) is 0 Å². The van der Waals surface area contributed by atoms with E-state index in [1.165, 1.54) is 18.9 Å². The van der Waals surface area contributed by atoms with Crippen LogP contribution in [0.3, 0.4) is 0 Å². The standard InChI is InChI=1S/C17H19N3O3/c1-11-6-7-12(10-14(11)17(22)23)18-16(21)15-8-9-20(19-15)13-4-2-3-5-13/h6-10,13H,2-5H2,1H3,(H,18,21)(H,22,23). The Kier molecular flexibility index (Phi) is 4.14. The molecule has 1 heterocycles. The number of anilines is 1.